The molecule has 488 valence electrons. The normalized spacial score (nSPS) is 7.82. The third-order valence-electron chi connectivity index (χ3n) is 7.54. The number of carbonyl (C=O) groups excluding carboxylic acids is 4. The minimum atomic E-state index is -0.947. The molecule has 0 aliphatic heterocycles. The molecule has 0 fully saturated rings. The van der Waals surface area contributed by atoms with E-state index < -0.39 is 17.9 Å². The molecule has 0 saturated carbocycles. The summed E-state index contributed by atoms with van der Waals surface area (Å²) in [5.74, 6) is 4.21. The van der Waals surface area contributed by atoms with Crippen LogP contribution in [0.1, 0.15) is 93.1 Å². The summed E-state index contributed by atoms with van der Waals surface area (Å²) in [5.41, 5.74) is 12.2. The third-order valence-corrected chi connectivity index (χ3v) is 8.71. The fourth-order valence-corrected chi connectivity index (χ4v) is 4.12. The topological polar surface area (TPSA) is 282 Å². The fraction of sp³-hybridized carbons (Fsp3) is 0.470. The van der Waals surface area contributed by atoms with Crippen LogP contribution >= 0.6 is 11.8 Å². The highest BCUT2D eigenvalue weighted by Crippen LogP contribution is 2.26. The molecule has 1 unspecified atom stereocenters. The van der Waals surface area contributed by atoms with E-state index in [-0.39, 0.29) is 56.2 Å². The van der Waals surface area contributed by atoms with E-state index in [4.69, 9.17) is 105 Å². The maximum absolute atomic E-state index is 10.4. The van der Waals surface area contributed by atoms with Crippen molar-refractivity contribution in [2.45, 2.75) is 100 Å². The second-order valence-corrected chi connectivity index (χ2v) is 16.7. The smallest absolute Gasteiger partial charge is 0.315 e. The largest absolute Gasteiger partial charge is 0.481 e. The average Bonchev–Trinajstić information content (AvgIpc) is 1.72. The highest BCUT2D eigenvalue weighted by molar-refractivity contribution is 7.99. The SMILES string of the molecule is C#CCC(=O)O.C#CCC(N)=O.[C-]#[N+]C(C)C#N.[C-]#[N+]CC.[C-]#[N+]CC.[C-]#[N+]CC(=O)CC(C)=O.[C-]#[N+]CC(=O)CN.[C-]#[N+]CCOCCC.[C-]#[N+]CCSCCC.[C-]#[N+]CN(CC)CC#N.[C-]#[N+]CNCC.[C-]#[N+]c1ccc(C)cc1.[C-]#[N+]c1ccccc1[N+]#[C-]. The molecule has 0 aliphatic carbocycles. The van der Waals surface area contributed by atoms with E-state index in [9.17, 15) is 24.0 Å². The Morgan fingerprint density at radius 3 is 1.43 bits per heavy atom. The monoisotopic (exact) mass is 1270 g/mol. The van der Waals surface area contributed by atoms with Gasteiger partial charge in [-0.25, -0.2) is 68.9 Å². The Morgan fingerprint density at radius 1 is 0.685 bits per heavy atom. The number of nitrogens with one attached hydrogen (secondary N) is 1. The van der Waals surface area contributed by atoms with Gasteiger partial charge in [0.1, 0.15) is 18.8 Å². The molecule has 2 aromatic carbocycles. The number of hydrogen-bond donors (Lipinski definition) is 4. The van der Waals surface area contributed by atoms with Gasteiger partial charge in [0.2, 0.25) is 43.7 Å². The van der Waals surface area contributed by atoms with Crippen molar-refractivity contribution >= 4 is 58.1 Å². The Labute approximate surface area is 553 Å². The molecule has 0 aromatic heterocycles. The molecule has 25 nitrogen and oxygen atoms in total. The van der Waals surface area contributed by atoms with Gasteiger partial charge in [-0.2, -0.15) is 22.3 Å². The maximum Gasteiger partial charge on any atom is 0.315 e. The molecular formula is C66H86N18O7S. The summed E-state index contributed by atoms with van der Waals surface area (Å²) in [4.78, 5) is 88.3. The standard InChI is InChI=1S/C8H4N2.C8H7N.C6H9N3.C6H7NO2.C6H11NO.C6H11NS.C4H6N2O.C4H4N2.C4H8N2.C4H5NO.C4H4O2.2C3H5N/c1-9-7-5-3-4-6-8(7)10-2;1-7-3-5-8(9-2)6-4-7;1-3-9(5-4-7)6-8-2;1-5(8)3-6(9)4-7-2;2*1-3-5-8-6-4-7-2;1-6-3-4(7)2-5;1-4(3-5)6-2;1-3-6-4-5-2;2*1-2-3-4(5)6;2*1-3-4-2/h3-6H;3-6H,1H3;3,5-6H2,1H3;3-4H2,1H3;2*3-6H2,1H3;2-3,5H2;4H,1H3;6H,3-4H2,1H3;1H,3H2,(H2,5,6);1H,3H2,(H,5,6);2*3H2,1H3. The van der Waals surface area contributed by atoms with E-state index in [0.717, 1.165) is 31.9 Å². The summed E-state index contributed by atoms with van der Waals surface area (Å²) >= 11 is 1.86. The van der Waals surface area contributed by atoms with Gasteiger partial charge in [0.25, 0.3) is 26.4 Å². The number of nitriles is 2. The molecule has 0 heterocycles. The van der Waals surface area contributed by atoms with Crippen molar-refractivity contribution < 1.29 is 33.8 Å². The number of rotatable bonds is 20. The molecule has 26 heteroatoms. The number of nitrogens with zero attached hydrogens (tertiary/aromatic N) is 15. The number of benzene rings is 2. The van der Waals surface area contributed by atoms with Gasteiger partial charge in [-0.3, -0.25) is 53.5 Å². The summed E-state index contributed by atoms with van der Waals surface area (Å²) in [6, 6.07) is 17.6. The van der Waals surface area contributed by atoms with E-state index in [0.29, 0.717) is 69.7 Å². The number of aryl methyl sites for hydroxylation is 1. The highest BCUT2D eigenvalue weighted by atomic mass is 32.2. The van der Waals surface area contributed by atoms with Crippen LogP contribution < -0.4 is 16.8 Å². The molecule has 2 rings (SSSR count). The maximum atomic E-state index is 10.4. The van der Waals surface area contributed by atoms with Crippen molar-refractivity contribution in [1.82, 2.24) is 10.2 Å². The second-order valence-electron chi connectivity index (χ2n) is 15.5. The lowest BCUT2D eigenvalue weighted by molar-refractivity contribution is -0.136. The number of carboxylic acids is 1. The first-order chi connectivity index (χ1) is 43.9. The average molecular weight is 1280 g/mol. The quantitative estimate of drug-likeness (QED) is 0.0316. The Balaban J connectivity index is -0.0000000865. The highest BCUT2D eigenvalue weighted by Gasteiger charge is 2.06. The van der Waals surface area contributed by atoms with Crippen molar-refractivity contribution in [1.29, 1.82) is 10.5 Å². The molecule has 0 aliphatic rings. The van der Waals surface area contributed by atoms with Crippen LogP contribution in [0.3, 0.4) is 0 Å². The number of carbonyl (C=O) groups is 5. The second kappa shape index (κ2) is 101. The molecule has 0 bridgehead atoms. The summed E-state index contributed by atoms with van der Waals surface area (Å²) in [6.07, 6.45) is 11.3. The molecular weight excluding hydrogens is 1190 g/mol. The number of thioether (sulfide) groups is 1. The first-order valence-corrected chi connectivity index (χ1v) is 28.4. The van der Waals surface area contributed by atoms with Gasteiger partial charge in [0.15, 0.2) is 23.1 Å². The van der Waals surface area contributed by atoms with Gasteiger partial charge in [-0.1, -0.05) is 93.6 Å². The lowest BCUT2D eigenvalue weighted by atomic mass is 10.2. The van der Waals surface area contributed by atoms with Crippen LogP contribution in [0, 0.1) is 133 Å². The number of nitrogens with two attached hydrogens (primary N) is 2. The Morgan fingerprint density at radius 2 is 1.18 bits per heavy atom. The van der Waals surface area contributed by atoms with Gasteiger partial charge < -0.3 is 50.4 Å². The zero-order valence-corrected chi connectivity index (χ0v) is 55.2. The van der Waals surface area contributed by atoms with Crippen LogP contribution in [0.2, 0.25) is 0 Å². The minimum Gasteiger partial charge on any atom is -0.481 e. The summed E-state index contributed by atoms with van der Waals surface area (Å²) in [5, 5.41) is 26.7. The number of hydrogen-bond acceptors (Lipinski definition) is 12. The number of carboxylic acid groups (broad SMARTS) is 1. The number of aliphatic carboxylic acids is 1. The molecule has 2 aromatic rings. The van der Waals surface area contributed by atoms with E-state index in [1.165, 1.54) is 24.7 Å². The molecule has 0 saturated heterocycles. The number of terminal acetylenes is 2. The minimum absolute atomic E-state index is 0.0115. The zero-order chi connectivity index (χ0) is 73.3. The van der Waals surface area contributed by atoms with Gasteiger partial charge in [-0.05, 0) is 39.0 Å². The van der Waals surface area contributed by atoms with Gasteiger partial charge in [0.05, 0.1) is 57.5 Å². The van der Waals surface area contributed by atoms with Crippen LogP contribution in [0.25, 0.3) is 58.1 Å². The number of amides is 1. The zero-order valence-electron chi connectivity index (χ0n) is 54.4. The van der Waals surface area contributed by atoms with Crippen LogP contribution in [0.5, 0.6) is 0 Å². The Bertz CT molecular complexity index is 2810. The number of ketones is 3. The van der Waals surface area contributed by atoms with Gasteiger partial charge >= 0.3 is 12.0 Å². The van der Waals surface area contributed by atoms with Crippen LogP contribution in [-0.2, 0) is 28.7 Å². The third kappa shape index (κ3) is 129. The van der Waals surface area contributed by atoms with Crippen molar-refractivity contribution in [2.75, 3.05) is 104 Å². The van der Waals surface area contributed by atoms with Crippen LogP contribution in [0.4, 0.5) is 17.1 Å². The number of Topliss-reactive ketones (excluding diaryl/α,β-unsaturated/α-hetero) is 3. The van der Waals surface area contributed by atoms with Crippen molar-refractivity contribution in [2.24, 2.45) is 11.5 Å². The lowest BCUT2D eigenvalue weighted by Crippen LogP contribution is -2.22. The summed E-state index contributed by atoms with van der Waals surface area (Å²) in [7, 11) is 0. The van der Waals surface area contributed by atoms with E-state index in [1.54, 1.807) is 42.2 Å². The van der Waals surface area contributed by atoms with Crippen LogP contribution in [-0.4, -0.2) is 149 Å². The van der Waals surface area contributed by atoms with Gasteiger partial charge in [0, 0.05) is 33.9 Å². The molecule has 0 spiro atoms. The molecule has 1 atom stereocenters. The number of ether oxygens (including phenoxy) is 1. The van der Waals surface area contributed by atoms with Crippen molar-refractivity contribution in [3.63, 3.8) is 0 Å². The van der Waals surface area contributed by atoms with E-state index in [2.05, 4.69) is 102 Å². The van der Waals surface area contributed by atoms with E-state index in [1.807, 2.05) is 82.6 Å². The van der Waals surface area contributed by atoms with Crippen molar-refractivity contribution in [3.05, 3.63) is 191 Å². The predicted octanol–water partition coefficient (Wildman–Crippen LogP) is 12.0. The predicted molar refractivity (Wildman–Crippen MR) is 365 cm³/mol. The van der Waals surface area contributed by atoms with E-state index >= 15 is 0 Å². The fourth-order valence-electron chi connectivity index (χ4n) is 3.41. The first-order valence-electron chi connectivity index (χ1n) is 27.2. The molecule has 6 N–H and O–H groups in total. The lowest BCUT2D eigenvalue weighted by Gasteiger charge is -2.06. The van der Waals surface area contributed by atoms with Crippen molar-refractivity contribution in [3.8, 4) is 36.8 Å². The number of para-hydroxylation sites is 2. The molecule has 1 amide bonds. The molecule has 92 heavy (non-hydrogen) atoms. The van der Waals surface area contributed by atoms with Gasteiger partial charge in [-0.15, -0.1) is 12.8 Å². The first kappa shape index (κ1) is 105. The Hall–Kier alpha value is -11.4. The molecule has 0 radical (unpaired) electrons. The number of primary amides is 1. The summed E-state index contributed by atoms with van der Waals surface area (Å²) < 4.78 is 5.01. The van der Waals surface area contributed by atoms with Crippen LogP contribution in [0.15, 0.2) is 48.5 Å². The Kier molecular flexibility index (Phi) is 116. The summed E-state index contributed by atoms with van der Waals surface area (Å²) in [6.45, 7) is 99.4.